The highest BCUT2D eigenvalue weighted by molar-refractivity contribution is 7.08. The molecule has 19 heavy (non-hydrogen) atoms. The molecule has 1 aromatic rings. The molecule has 1 aromatic heterocycles. The van der Waals surface area contributed by atoms with Crippen LogP contribution >= 0.6 is 11.3 Å². The van der Waals surface area contributed by atoms with Gasteiger partial charge < -0.3 is 5.32 Å². The first-order chi connectivity index (χ1) is 8.96. The molecule has 1 aliphatic carbocycles. The molecule has 0 spiro atoms. The molecule has 0 bridgehead atoms. The highest BCUT2D eigenvalue weighted by Gasteiger charge is 2.40. The molecule has 4 heteroatoms. The lowest BCUT2D eigenvalue weighted by Gasteiger charge is -2.37. The third-order valence-electron chi connectivity index (χ3n) is 3.89. The van der Waals surface area contributed by atoms with Crippen LogP contribution in [0.2, 0.25) is 0 Å². The summed E-state index contributed by atoms with van der Waals surface area (Å²) >= 11 is 1.61. The molecule has 3 rings (SSSR count). The van der Waals surface area contributed by atoms with Crippen LogP contribution in [0.5, 0.6) is 0 Å². The van der Waals surface area contributed by atoms with Gasteiger partial charge >= 0.3 is 0 Å². The fourth-order valence-corrected chi connectivity index (χ4v) is 3.83. The topological polar surface area (TPSA) is 46.2 Å². The summed E-state index contributed by atoms with van der Waals surface area (Å²) in [6.45, 7) is 4.16. The van der Waals surface area contributed by atoms with Crippen LogP contribution in [0.3, 0.4) is 0 Å². The molecule has 0 fully saturated rings. The molecule has 100 valence electrons. The van der Waals surface area contributed by atoms with Crippen LogP contribution in [0.25, 0.3) is 0 Å². The van der Waals surface area contributed by atoms with E-state index in [2.05, 4.69) is 19.2 Å². The van der Waals surface area contributed by atoms with Gasteiger partial charge in [-0.25, -0.2) is 0 Å². The second-order valence-corrected chi connectivity index (χ2v) is 6.97. The van der Waals surface area contributed by atoms with Crippen LogP contribution in [0.1, 0.15) is 44.6 Å². The van der Waals surface area contributed by atoms with Crippen molar-refractivity contribution in [1.82, 2.24) is 5.32 Å². The van der Waals surface area contributed by atoms with Crippen LogP contribution in [0, 0.1) is 5.41 Å². The summed E-state index contributed by atoms with van der Waals surface area (Å²) in [7, 11) is 0. The molecule has 2 aliphatic rings. The van der Waals surface area contributed by atoms with Gasteiger partial charge in [-0.2, -0.15) is 11.3 Å². The Bertz CT molecular complexity index is 569. The predicted molar refractivity (Wildman–Crippen MR) is 74.9 cm³/mol. The lowest BCUT2D eigenvalue weighted by Crippen LogP contribution is -2.40. The minimum atomic E-state index is -0.0558. The first kappa shape index (κ1) is 12.6. The Hall–Kier alpha value is -1.42. The Morgan fingerprint density at radius 3 is 2.79 bits per heavy atom. The summed E-state index contributed by atoms with van der Waals surface area (Å²) in [5.41, 5.74) is 2.74. The predicted octanol–water partition coefficient (Wildman–Crippen LogP) is 2.99. The zero-order valence-electron chi connectivity index (χ0n) is 11.2. The van der Waals surface area contributed by atoms with E-state index in [1.807, 2.05) is 16.8 Å². The summed E-state index contributed by atoms with van der Waals surface area (Å²) < 4.78 is 0. The number of hydrogen-bond donors (Lipinski definition) is 1. The molecule has 1 amide bonds. The molecule has 0 saturated heterocycles. The third kappa shape index (κ3) is 2.25. The number of carbonyl (C=O) groups excluding carboxylic acids is 2. The van der Waals surface area contributed by atoms with Crippen molar-refractivity contribution >= 4 is 23.0 Å². The highest BCUT2D eigenvalue weighted by atomic mass is 32.1. The highest BCUT2D eigenvalue weighted by Crippen LogP contribution is 2.44. The van der Waals surface area contributed by atoms with Gasteiger partial charge in [-0.3, -0.25) is 9.59 Å². The quantitative estimate of drug-likeness (QED) is 0.856. The Morgan fingerprint density at radius 2 is 2.11 bits per heavy atom. The normalized spacial score (nSPS) is 26.1. The van der Waals surface area contributed by atoms with E-state index in [9.17, 15) is 9.59 Å². The van der Waals surface area contributed by atoms with E-state index in [1.165, 1.54) is 0 Å². The minimum Gasteiger partial charge on any atom is -0.329 e. The second kappa shape index (κ2) is 4.30. The number of thiophene rings is 1. The van der Waals surface area contributed by atoms with Crippen LogP contribution in [-0.2, 0) is 9.59 Å². The van der Waals surface area contributed by atoms with Crippen molar-refractivity contribution in [3.8, 4) is 0 Å². The molecule has 3 nitrogen and oxygen atoms in total. The molecule has 1 aliphatic heterocycles. The molecule has 0 radical (unpaired) electrons. The van der Waals surface area contributed by atoms with E-state index >= 15 is 0 Å². The van der Waals surface area contributed by atoms with Crippen molar-refractivity contribution in [1.29, 1.82) is 0 Å². The van der Waals surface area contributed by atoms with Crippen LogP contribution in [0.4, 0.5) is 0 Å². The number of amides is 1. The number of Topliss-reactive ketones (excluding diaryl/α,β-unsaturated/α-hetero) is 1. The maximum atomic E-state index is 12.5. The number of carbonyl (C=O) groups is 2. The van der Waals surface area contributed by atoms with E-state index in [0.29, 0.717) is 12.8 Å². The van der Waals surface area contributed by atoms with Crippen molar-refractivity contribution in [3.05, 3.63) is 33.7 Å². The molecular weight excluding hydrogens is 258 g/mol. The second-order valence-electron chi connectivity index (χ2n) is 6.19. The Kier molecular flexibility index (Phi) is 2.86. The zero-order valence-corrected chi connectivity index (χ0v) is 12.0. The van der Waals surface area contributed by atoms with E-state index in [1.54, 1.807) is 11.3 Å². The molecule has 1 unspecified atom stereocenters. The number of hydrogen-bond acceptors (Lipinski definition) is 3. The maximum absolute atomic E-state index is 12.5. The van der Waals surface area contributed by atoms with Gasteiger partial charge in [0.05, 0.1) is 0 Å². The van der Waals surface area contributed by atoms with Gasteiger partial charge in [-0.05, 0) is 34.2 Å². The van der Waals surface area contributed by atoms with E-state index in [4.69, 9.17) is 0 Å². The Labute approximate surface area is 116 Å². The van der Waals surface area contributed by atoms with Crippen LogP contribution in [0.15, 0.2) is 28.1 Å². The van der Waals surface area contributed by atoms with Gasteiger partial charge in [0.25, 0.3) is 0 Å². The molecule has 1 atom stereocenters. The fourth-order valence-electron chi connectivity index (χ4n) is 3.12. The molecule has 0 aromatic carbocycles. The summed E-state index contributed by atoms with van der Waals surface area (Å²) in [5.74, 6) is 0.182. The molecular formula is C15H17NO2S. The minimum absolute atomic E-state index is 0.0282. The Balaban J connectivity index is 2.07. The van der Waals surface area contributed by atoms with Gasteiger partial charge in [0.15, 0.2) is 5.78 Å². The summed E-state index contributed by atoms with van der Waals surface area (Å²) in [6, 6.07) is 2.02. The van der Waals surface area contributed by atoms with E-state index < -0.39 is 0 Å². The number of nitrogens with one attached hydrogen (secondary N) is 1. The van der Waals surface area contributed by atoms with Crippen LogP contribution in [-0.4, -0.2) is 11.7 Å². The average molecular weight is 275 g/mol. The van der Waals surface area contributed by atoms with Crippen LogP contribution < -0.4 is 5.32 Å². The van der Waals surface area contributed by atoms with Crippen molar-refractivity contribution < 1.29 is 9.59 Å². The zero-order chi connectivity index (χ0) is 13.6. The Morgan fingerprint density at radius 1 is 1.32 bits per heavy atom. The first-order valence-electron chi connectivity index (χ1n) is 6.54. The van der Waals surface area contributed by atoms with Gasteiger partial charge in [0.2, 0.25) is 5.91 Å². The van der Waals surface area contributed by atoms with E-state index in [-0.39, 0.29) is 23.0 Å². The summed E-state index contributed by atoms with van der Waals surface area (Å²) in [5, 5.41) is 6.96. The van der Waals surface area contributed by atoms with Crippen molar-refractivity contribution in [3.63, 3.8) is 0 Å². The lowest BCUT2D eigenvalue weighted by molar-refractivity contribution is -0.122. The largest absolute Gasteiger partial charge is 0.329 e. The molecule has 2 heterocycles. The average Bonchev–Trinajstić information content (AvgIpc) is 2.78. The smallest absolute Gasteiger partial charge is 0.225 e. The van der Waals surface area contributed by atoms with Gasteiger partial charge in [-0.1, -0.05) is 13.8 Å². The maximum Gasteiger partial charge on any atom is 0.225 e. The third-order valence-corrected chi connectivity index (χ3v) is 4.60. The monoisotopic (exact) mass is 275 g/mol. The van der Waals surface area contributed by atoms with Gasteiger partial charge in [-0.15, -0.1) is 0 Å². The summed E-state index contributed by atoms with van der Waals surface area (Å²) in [4.78, 5) is 24.3. The van der Waals surface area contributed by atoms with E-state index in [0.717, 1.165) is 23.3 Å². The number of rotatable bonds is 1. The number of allylic oxidation sites excluding steroid dienone is 2. The van der Waals surface area contributed by atoms with Gasteiger partial charge in [0, 0.05) is 30.0 Å². The van der Waals surface area contributed by atoms with Crippen molar-refractivity contribution in [2.75, 3.05) is 0 Å². The molecule has 1 N–H and O–H groups in total. The first-order valence-corrected chi connectivity index (χ1v) is 7.49. The SMILES string of the molecule is CC1(C)CC(=O)C2=C(C1)NC(=O)CC2c1ccsc1. The standard InChI is InChI=1S/C15H17NO2S/c1-15(2)6-11-14(12(17)7-15)10(5-13(18)16-11)9-3-4-19-8-9/h3-4,8,10H,5-7H2,1-2H3,(H,16,18). The van der Waals surface area contributed by atoms with Crippen molar-refractivity contribution in [2.45, 2.75) is 39.0 Å². The molecule has 0 saturated carbocycles. The van der Waals surface area contributed by atoms with Gasteiger partial charge in [0.1, 0.15) is 0 Å². The summed E-state index contributed by atoms with van der Waals surface area (Å²) in [6.07, 6.45) is 1.74. The number of ketones is 1. The lowest BCUT2D eigenvalue weighted by atomic mass is 9.70. The van der Waals surface area contributed by atoms with Crippen molar-refractivity contribution in [2.24, 2.45) is 5.41 Å². The fraction of sp³-hybridized carbons (Fsp3) is 0.467.